The lowest BCUT2D eigenvalue weighted by Crippen LogP contribution is -2.53. The highest BCUT2D eigenvalue weighted by molar-refractivity contribution is 7.80. The van der Waals surface area contributed by atoms with Gasteiger partial charge in [0.1, 0.15) is 12.2 Å². The van der Waals surface area contributed by atoms with Crippen molar-refractivity contribution in [3.8, 4) is 0 Å². The molecule has 5 atom stereocenters. The monoisotopic (exact) mass is 222 g/mol. The molecule has 5 heteroatoms. The summed E-state index contributed by atoms with van der Waals surface area (Å²) in [5.41, 5.74) is 0. The first-order chi connectivity index (χ1) is 6.57. The summed E-state index contributed by atoms with van der Waals surface area (Å²) in [6, 6.07) is 0. The lowest BCUT2D eigenvalue weighted by molar-refractivity contribution is -0.168. The molecule has 1 aliphatic carbocycles. The summed E-state index contributed by atoms with van der Waals surface area (Å²) in [5, 5.41) is 28.6. The van der Waals surface area contributed by atoms with Crippen molar-refractivity contribution in [2.75, 3.05) is 12.4 Å². The largest absolute Gasteiger partial charge is 0.390 e. The lowest BCUT2D eigenvalue weighted by atomic mass is 9.82. The van der Waals surface area contributed by atoms with Gasteiger partial charge in [0.15, 0.2) is 0 Å². The fraction of sp³-hybridized carbons (Fsp3) is 1.00. The molecule has 0 bridgehead atoms. The zero-order valence-corrected chi connectivity index (χ0v) is 9.10. The minimum atomic E-state index is -1.11. The van der Waals surface area contributed by atoms with E-state index in [4.69, 9.17) is 4.74 Å². The van der Waals surface area contributed by atoms with Crippen LogP contribution in [0.4, 0.5) is 0 Å². The zero-order chi connectivity index (χ0) is 10.7. The van der Waals surface area contributed by atoms with Crippen molar-refractivity contribution in [1.29, 1.82) is 0 Å². The Hall–Kier alpha value is 0.190. The van der Waals surface area contributed by atoms with E-state index in [0.717, 1.165) is 0 Å². The fourth-order valence-corrected chi connectivity index (χ4v) is 1.88. The molecule has 1 fully saturated rings. The molecule has 1 aliphatic rings. The van der Waals surface area contributed by atoms with E-state index in [1.807, 2.05) is 6.92 Å². The van der Waals surface area contributed by atoms with E-state index < -0.39 is 24.4 Å². The molecular weight excluding hydrogens is 204 g/mol. The summed E-state index contributed by atoms with van der Waals surface area (Å²) in [7, 11) is 0. The summed E-state index contributed by atoms with van der Waals surface area (Å²) < 4.78 is 5.34. The van der Waals surface area contributed by atoms with Crippen LogP contribution < -0.4 is 0 Å². The molecule has 0 spiro atoms. The van der Waals surface area contributed by atoms with Crippen LogP contribution in [0.3, 0.4) is 0 Å². The molecule has 0 aromatic carbocycles. The molecule has 4 unspecified atom stereocenters. The predicted molar refractivity (Wildman–Crippen MR) is 55.4 cm³/mol. The minimum Gasteiger partial charge on any atom is -0.390 e. The highest BCUT2D eigenvalue weighted by Gasteiger charge is 2.41. The fourth-order valence-electron chi connectivity index (χ4n) is 1.77. The number of ether oxygens (including phenoxy) is 1. The first-order valence-electron chi connectivity index (χ1n) is 4.84. The molecule has 0 aromatic heterocycles. The average molecular weight is 222 g/mol. The van der Waals surface area contributed by atoms with Crippen LogP contribution >= 0.6 is 12.6 Å². The molecule has 0 heterocycles. The van der Waals surface area contributed by atoms with E-state index in [1.165, 1.54) is 0 Å². The third-order valence-corrected chi connectivity index (χ3v) is 2.87. The molecule has 0 saturated heterocycles. The first-order valence-corrected chi connectivity index (χ1v) is 5.47. The highest BCUT2D eigenvalue weighted by Crippen LogP contribution is 2.27. The van der Waals surface area contributed by atoms with Gasteiger partial charge >= 0.3 is 0 Å². The van der Waals surface area contributed by atoms with Crippen molar-refractivity contribution >= 4 is 12.6 Å². The highest BCUT2D eigenvalue weighted by atomic mass is 32.1. The van der Waals surface area contributed by atoms with E-state index in [1.54, 1.807) is 0 Å². The first kappa shape index (κ1) is 12.3. The summed E-state index contributed by atoms with van der Waals surface area (Å²) in [5.74, 6) is 0.522. The van der Waals surface area contributed by atoms with Crippen LogP contribution in [0.15, 0.2) is 0 Å². The Morgan fingerprint density at radius 3 is 2.43 bits per heavy atom. The smallest absolute Gasteiger partial charge is 0.109 e. The molecule has 1 saturated carbocycles. The van der Waals surface area contributed by atoms with Crippen LogP contribution in [-0.2, 0) is 4.74 Å². The average Bonchev–Trinajstić information content (AvgIpc) is 2.18. The topological polar surface area (TPSA) is 69.9 Å². The van der Waals surface area contributed by atoms with Gasteiger partial charge in [-0.1, -0.05) is 6.92 Å². The van der Waals surface area contributed by atoms with Crippen molar-refractivity contribution in [1.82, 2.24) is 0 Å². The van der Waals surface area contributed by atoms with Gasteiger partial charge in [0, 0.05) is 5.75 Å². The molecule has 0 radical (unpaired) electrons. The van der Waals surface area contributed by atoms with Crippen LogP contribution in [0.1, 0.15) is 13.3 Å². The van der Waals surface area contributed by atoms with Crippen molar-refractivity contribution in [3.05, 3.63) is 0 Å². The minimum absolute atomic E-state index is 0.0571. The van der Waals surface area contributed by atoms with E-state index in [-0.39, 0.29) is 5.92 Å². The van der Waals surface area contributed by atoms with Crippen molar-refractivity contribution in [2.45, 2.75) is 37.8 Å². The summed E-state index contributed by atoms with van der Waals surface area (Å²) >= 11 is 3.99. The Morgan fingerprint density at radius 2 is 1.86 bits per heavy atom. The number of aliphatic hydroxyl groups is 3. The maximum atomic E-state index is 9.59. The third-order valence-electron chi connectivity index (χ3n) is 2.69. The molecule has 1 rings (SSSR count). The van der Waals surface area contributed by atoms with E-state index in [2.05, 4.69) is 12.6 Å². The Bertz CT molecular complexity index is 178. The van der Waals surface area contributed by atoms with Gasteiger partial charge in [-0.05, 0) is 12.3 Å². The van der Waals surface area contributed by atoms with Crippen LogP contribution in [0.2, 0.25) is 0 Å². The third kappa shape index (κ3) is 2.61. The van der Waals surface area contributed by atoms with E-state index in [0.29, 0.717) is 18.8 Å². The van der Waals surface area contributed by atoms with Gasteiger partial charge in [0.25, 0.3) is 0 Å². The molecule has 0 aromatic rings. The molecule has 14 heavy (non-hydrogen) atoms. The van der Waals surface area contributed by atoms with Gasteiger partial charge in [0.2, 0.25) is 0 Å². The van der Waals surface area contributed by atoms with Gasteiger partial charge in [-0.2, -0.15) is 12.6 Å². The van der Waals surface area contributed by atoms with Gasteiger partial charge in [-0.3, -0.25) is 0 Å². The second-order valence-corrected chi connectivity index (χ2v) is 4.26. The molecular formula is C9H18O4S. The van der Waals surface area contributed by atoms with Crippen LogP contribution in [0.25, 0.3) is 0 Å². The Kier molecular flexibility index (Phi) is 4.66. The Labute approximate surface area is 89.3 Å². The molecule has 84 valence electrons. The summed E-state index contributed by atoms with van der Waals surface area (Å²) in [4.78, 5) is 0. The second-order valence-electron chi connectivity index (χ2n) is 3.82. The van der Waals surface area contributed by atoms with Gasteiger partial charge in [0.05, 0.1) is 18.8 Å². The van der Waals surface area contributed by atoms with Crippen molar-refractivity contribution in [3.63, 3.8) is 0 Å². The predicted octanol–water partition coefficient (Wildman–Crippen LogP) is -0.576. The van der Waals surface area contributed by atoms with Crippen molar-refractivity contribution in [2.24, 2.45) is 5.92 Å². The zero-order valence-electron chi connectivity index (χ0n) is 8.21. The summed E-state index contributed by atoms with van der Waals surface area (Å²) in [6.45, 7) is 2.27. The molecule has 4 nitrogen and oxygen atoms in total. The number of hydrogen-bond donors (Lipinski definition) is 4. The number of aliphatic hydroxyl groups excluding tert-OH is 3. The quantitative estimate of drug-likeness (QED) is 0.482. The van der Waals surface area contributed by atoms with E-state index >= 15 is 0 Å². The standard InChI is InChI=1S/C9H18O4S/c1-5-4-6(13-2-3-14)8(11)9(12)7(5)10/h5-12,14H,2-4H2,1H3/t5?,6-,7?,8?,9?/m1/s1. The Balaban J connectivity index is 2.52. The van der Waals surface area contributed by atoms with Gasteiger partial charge in [-0.15, -0.1) is 0 Å². The van der Waals surface area contributed by atoms with Crippen LogP contribution in [0.5, 0.6) is 0 Å². The molecule has 0 aliphatic heterocycles. The van der Waals surface area contributed by atoms with Crippen LogP contribution in [-0.4, -0.2) is 52.1 Å². The maximum Gasteiger partial charge on any atom is 0.109 e. The summed E-state index contributed by atoms with van der Waals surface area (Å²) in [6.07, 6.45) is -2.80. The van der Waals surface area contributed by atoms with Crippen molar-refractivity contribution < 1.29 is 20.1 Å². The number of thiol groups is 1. The SMILES string of the molecule is CC1C[C@@H](OCCS)C(O)C(O)C1O. The Morgan fingerprint density at radius 1 is 1.21 bits per heavy atom. The van der Waals surface area contributed by atoms with Gasteiger partial charge < -0.3 is 20.1 Å². The molecule has 0 amide bonds. The lowest BCUT2D eigenvalue weighted by Gasteiger charge is -2.38. The van der Waals surface area contributed by atoms with E-state index in [9.17, 15) is 15.3 Å². The number of hydrogen-bond acceptors (Lipinski definition) is 5. The van der Waals surface area contributed by atoms with Gasteiger partial charge in [-0.25, -0.2) is 0 Å². The normalized spacial score (nSPS) is 43.9. The number of rotatable bonds is 3. The molecule has 3 N–H and O–H groups in total. The van der Waals surface area contributed by atoms with Crippen LogP contribution in [0, 0.1) is 5.92 Å². The maximum absolute atomic E-state index is 9.59. The second kappa shape index (κ2) is 5.32.